The van der Waals surface area contributed by atoms with Crippen LogP contribution in [0.5, 0.6) is 0 Å². The smallest absolute Gasteiger partial charge is 0.133 e. The summed E-state index contributed by atoms with van der Waals surface area (Å²) in [5.74, 6) is 0. The third-order valence-corrected chi connectivity index (χ3v) is 1.36. The minimum atomic E-state index is 0.956. The molecule has 0 aliphatic rings. The van der Waals surface area contributed by atoms with Gasteiger partial charge in [0, 0.05) is 5.39 Å². The van der Waals surface area contributed by atoms with Crippen LogP contribution in [0.25, 0.3) is 11.0 Å². The molecule has 12 heavy (non-hydrogen) atoms. The number of rotatable bonds is 0. The zero-order chi connectivity index (χ0) is 8.81. The molecule has 0 aliphatic heterocycles. The van der Waals surface area contributed by atoms with Crippen molar-refractivity contribution in [1.82, 2.24) is 5.32 Å². The van der Waals surface area contributed by atoms with Gasteiger partial charge in [-0.25, -0.2) is 0 Å². The van der Waals surface area contributed by atoms with Crippen molar-refractivity contribution >= 4 is 11.0 Å². The fraction of sp³-hybridized carbons (Fsp3) is 0.200. The van der Waals surface area contributed by atoms with E-state index in [0.717, 1.165) is 11.0 Å². The average Bonchev–Trinajstić information content (AvgIpc) is 2.52. The molecule has 1 aromatic carbocycles. The molecule has 0 bridgehead atoms. The highest BCUT2D eigenvalue weighted by atomic mass is 16.3. The molecule has 2 nitrogen and oxygen atoms in total. The second-order valence-electron chi connectivity index (χ2n) is 2.46. The van der Waals surface area contributed by atoms with Crippen LogP contribution in [0.4, 0.5) is 0 Å². The van der Waals surface area contributed by atoms with E-state index in [2.05, 4.69) is 5.32 Å². The number of hydrogen-bond acceptors (Lipinski definition) is 2. The molecule has 1 aromatic heterocycles. The van der Waals surface area contributed by atoms with E-state index in [1.165, 1.54) is 0 Å². The predicted molar refractivity (Wildman–Crippen MR) is 51.2 cm³/mol. The first kappa shape index (κ1) is 8.81. The predicted octanol–water partition coefficient (Wildman–Crippen LogP) is 2.27. The zero-order valence-corrected chi connectivity index (χ0v) is 7.37. The highest BCUT2D eigenvalue weighted by Gasteiger charge is 1.89. The number of hydrogen-bond donors (Lipinski definition) is 1. The summed E-state index contributed by atoms with van der Waals surface area (Å²) in [4.78, 5) is 0. The summed E-state index contributed by atoms with van der Waals surface area (Å²) < 4.78 is 5.12. The lowest BCUT2D eigenvalue weighted by atomic mass is 10.3. The fourth-order valence-electron chi connectivity index (χ4n) is 0.906. The van der Waals surface area contributed by atoms with Gasteiger partial charge in [-0.15, -0.1) is 0 Å². The summed E-state index contributed by atoms with van der Waals surface area (Å²) in [5, 5.41) is 3.91. The van der Waals surface area contributed by atoms with Crippen LogP contribution >= 0.6 is 0 Å². The standard InChI is InChI=1S/C8H6O.C2H7N/c1-2-4-8-7(3-1)5-6-9-8;1-3-2/h1-6H;3H,1-2H3. The third-order valence-electron chi connectivity index (χ3n) is 1.36. The quantitative estimate of drug-likeness (QED) is 0.644. The first-order valence-electron chi connectivity index (χ1n) is 3.89. The highest BCUT2D eigenvalue weighted by Crippen LogP contribution is 2.12. The van der Waals surface area contributed by atoms with E-state index in [0.29, 0.717) is 0 Å². The van der Waals surface area contributed by atoms with Crippen LogP contribution in [0.1, 0.15) is 0 Å². The molecule has 1 N–H and O–H groups in total. The van der Waals surface area contributed by atoms with Crippen LogP contribution in [0.15, 0.2) is 41.0 Å². The third kappa shape index (κ3) is 2.10. The Morgan fingerprint density at radius 2 is 1.75 bits per heavy atom. The van der Waals surface area contributed by atoms with E-state index in [1.54, 1.807) is 6.26 Å². The molecule has 0 atom stereocenters. The van der Waals surface area contributed by atoms with Gasteiger partial charge in [0.15, 0.2) is 0 Å². The van der Waals surface area contributed by atoms with Crippen molar-refractivity contribution in [2.75, 3.05) is 14.1 Å². The Morgan fingerprint density at radius 3 is 2.42 bits per heavy atom. The van der Waals surface area contributed by atoms with Gasteiger partial charge in [-0.3, -0.25) is 0 Å². The molecule has 0 radical (unpaired) electrons. The molecule has 2 rings (SSSR count). The molecule has 0 spiro atoms. The monoisotopic (exact) mass is 163 g/mol. The van der Waals surface area contributed by atoms with Crippen molar-refractivity contribution in [3.63, 3.8) is 0 Å². The van der Waals surface area contributed by atoms with Gasteiger partial charge in [-0.05, 0) is 26.2 Å². The van der Waals surface area contributed by atoms with Crippen molar-refractivity contribution < 1.29 is 4.42 Å². The number of para-hydroxylation sites is 1. The lowest BCUT2D eigenvalue weighted by Crippen LogP contribution is -1.89. The Kier molecular flexibility index (Phi) is 3.35. The minimum Gasteiger partial charge on any atom is -0.464 e. The summed E-state index contributed by atoms with van der Waals surface area (Å²) in [6.07, 6.45) is 1.70. The zero-order valence-electron chi connectivity index (χ0n) is 7.37. The van der Waals surface area contributed by atoms with E-state index >= 15 is 0 Å². The molecule has 64 valence electrons. The van der Waals surface area contributed by atoms with Crippen LogP contribution in [0, 0.1) is 0 Å². The van der Waals surface area contributed by atoms with Crippen molar-refractivity contribution in [3.8, 4) is 0 Å². The normalized spacial score (nSPS) is 9.17. The molecule has 0 aliphatic carbocycles. The van der Waals surface area contributed by atoms with Gasteiger partial charge in [0.2, 0.25) is 0 Å². The maximum atomic E-state index is 5.12. The van der Waals surface area contributed by atoms with Crippen LogP contribution < -0.4 is 5.32 Å². The Morgan fingerprint density at radius 1 is 1.08 bits per heavy atom. The number of fused-ring (bicyclic) bond motifs is 1. The van der Waals surface area contributed by atoms with Crippen molar-refractivity contribution in [2.45, 2.75) is 0 Å². The van der Waals surface area contributed by atoms with Crippen molar-refractivity contribution in [1.29, 1.82) is 0 Å². The van der Waals surface area contributed by atoms with Crippen LogP contribution in [-0.2, 0) is 0 Å². The van der Waals surface area contributed by atoms with Gasteiger partial charge in [-0.2, -0.15) is 0 Å². The lowest BCUT2D eigenvalue weighted by Gasteiger charge is -1.81. The molecule has 2 heteroatoms. The second kappa shape index (κ2) is 4.57. The van der Waals surface area contributed by atoms with E-state index in [-0.39, 0.29) is 0 Å². The summed E-state index contributed by atoms with van der Waals surface area (Å²) in [6.45, 7) is 0. The molecule has 0 unspecified atom stereocenters. The van der Waals surface area contributed by atoms with E-state index in [1.807, 2.05) is 44.4 Å². The first-order valence-corrected chi connectivity index (χ1v) is 3.89. The highest BCUT2D eigenvalue weighted by molar-refractivity contribution is 5.76. The molecule has 0 fully saturated rings. The van der Waals surface area contributed by atoms with Crippen molar-refractivity contribution in [3.05, 3.63) is 36.6 Å². The van der Waals surface area contributed by atoms with Crippen LogP contribution in [0.3, 0.4) is 0 Å². The largest absolute Gasteiger partial charge is 0.464 e. The molecule has 2 aromatic rings. The lowest BCUT2D eigenvalue weighted by molar-refractivity contribution is 0.616. The molecule has 0 saturated carbocycles. The summed E-state index contributed by atoms with van der Waals surface area (Å²) in [7, 11) is 3.75. The van der Waals surface area contributed by atoms with E-state index in [9.17, 15) is 0 Å². The average molecular weight is 163 g/mol. The molecular weight excluding hydrogens is 150 g/mol. The topological polar surface area (TPSA) is 25.2 Å². The number of benzene rings is 1. The van der Waals surface area contributed by atoms with Crippen LogP contribution in [0.2, 0.25) is 0 Å². The Labute approximate surface area is 72.2 Å². The summed E-state index contributed by atoms with van der Waals surface area (Å²) in [6, 6.07) is 9.90. The molecule has 0 saturated heterocycles. The van der Waals surface area contributed by atoms with Gasteiger partial charge in [0.25, 0.3) is 0 Å². The Hall–Kier alpha value is -1.28. The molecular formula is C10H13NO. The first-order chi connectivity index (χ1) is 5.88. The van der Waals surface area contributed by atoms with Gasteiger partial charge >= 0.3 is 0 Å². The number of nitrogens with one attached hydrogen (secondary N) is 1. The maximum absolute atomic E-state index is 5.12. The van der Waals surface area contributed by atoms with Crippen molar-refractivity contribution in [2.24, 2.45) is 0 Å². The Bertz CT molecular complexity index is 297. The van der Waals surface area contributed by atoms with E-state index < -0.39 is 0 Å². The summed E-state index contributed by atoms with van der Waals surface area (Å²) in [5.41, 5.74) is 0.956. The van der Waals surface area contributed by atoms with Gasteiger partial charge in [0.1, 0.15) is 5.58 Å². The molecule has 0 amide bonds. The van der Waals surface area contributed by atoms with Gasteiger partial charge in [0.05, 0.1) is 6.26 Å². The number of furan rings is 1. The maximum Gasteiger partial charge on any atom is 0.133 e. The fourth-order valence-corrected chi connectivity index (χ4v) is 0.906. The van der Waals surface area contributed by atoms with E-state index in [4.69, 9.17) is 4.42 Å². The molecule has 1 heterocycles. The summed E-state index contributed by atoms with van der Waals surface area (Å²) >= 11 is 0. The van der Waals surface area contributed by atoms with Crippen LogP contribution in [-0.4, -0.2) is 14.1 Å². The van der Waals surface area contributed by atoms with Gasteiger partial charge in [-0.1, -0.05) is 18.2 Å². The van der Waals surface area contributed by atoms with Gasteiger partial charge < -0.3 is 9.73 Å². The second-order valence-corrected chi connectivity index (χ2v) is 2.46. The minimum absolute atomic E-state index is 0.956. The SMILES string of the molecule is CNC.c1ccc2occc2c1. The Balaban J connectivity index is 0.000000213.